The standard InChI is InChI=1S/C25H31N3O4/c1-15-16(2)24(26-23-21(13-29)27(3)25(30)22(15)23)28-9-6-19(7-10-28)32-20-5-4-18-14-31-11-8-17(18)12-20/h4-5,12,19,21,29H,6-11,13-14H2,1-3H3/t21-/m1/s1. The van der Waals surface area contributed by atoms with Crippen LogP contribution in [0.4, 0.5) is 5.82 Å². The smallest absolute Gasteiger partial charge is 0.256 e. The molecule has 1 amide bonds. The number of carbonyl (C=O) groups excluding carboxylic acids is 1. The zero-order valence-corrected chi connectivity index (χ0v) is 19.1. The van der Waals surface area contributed by atoms with Crippen LogP contribution < -0.4 is 9.64 Å². The number of hydrogen-bond acceptors (Lipinski definition) is 6. The van der Waals surface area contributed by atoms with E-state index in [9.17, 15) is 9.90 Å². The van der Waals surface area contributed by atoms with Crippen LogP contribution in [0.3, 0.4) is 0 Å². The van der Waals surface area contributed by atoms with E-state index in [-0.39, 0.29) is 24.7 Å². The number of pyridine rings is 1. The third-order valence-electron chi connectivity index (χ3n) is 7.24. The highest BCUT2D eigenvalue weighted by Gasteiger charge is 2.38. The Labute approximate surface area is 189 Å². The van der Waals surface area contributed by atoms with Crippen molar-refractivity contribution in [1.29, 1.82) is 0 Å². The molecule has 1 fully saturated rings. The van der Waals surface area contributed by atoms with Crippen molar-refractivity contribution in [3.8, 4) is 5.75 Å². The Morgan fingerprint density at radius 1 is 1.19 bits per heavy atom. The number of anilines is 1. The SMILES string of the molecule is Cc1c(N2CCC(Oc3ccc4c(c3)CCOC4)CC2)nc2c(c1C)C(=O)N(C)[C@@H]2CO. The summed E-state index contributed by atoms with van der Waals surface area (Å²) in [6, 6.07) is 5.97. The molecular formula is C25H31N3O4. The maximum Gasteiger partial charge on any atom is 0.256 e. The van der Waals surface area contributed by atoms with E-state index in [1.807, 2.05) is 13.8 Å². The number of nitrogens with zero attached hydrogens (tertiary/aromatic N) is 3. The van der Waals surface area contributed by atoms with E-state index in [1.54, 1.807) is 11.9 Å². The Hall–Kier alpha value is -2.64. The van der Waals surface area contributed by atoms with Gasteiger partial charge >= 0.3 is 0 Å². The lowest BCUT2D eigenvalue weighted by Crippen LogP contribution is -2.39. The van der Waals surface area contributed by atoms with Crippen molar-refractivity contribution in [2.45, 2.75) is 51.9 Å². The van der Waals surface area contributed by atoms with Crippen LogP contribution in [0.15, 0.2) is 18.2 Å². The number of piperidine rings is 1. The van der Waals surface area contributed by atoms with Crippen LogP contribution >= 0.6 is 0 Å². The summed E-state index contributed by atoms with van der Waals surface area (Å²) >= 11 is 0. The third kappa shape index (κ3) is 3.53. The molecule has 1 aromatic heterocycles. The second kappa shape index (κ2) is 8.37. The van der Waals surface area contributed by atoms with Gasteiger partial charge in [-0.25, -0.2) is 4.98 Å². The molecule has 1 aromatic carbocycles. The second-order valence-electron chi connectivity index (χ2n) is 9.10. The van der Waals surface area contributed by atoms with E-state index >= 15 is 0 Å². The molecule has 1 atom stereocenters. The van der Waals surface area contributed by atoms with Crippen LogP contribution in [-0.4, -0.2) is 60.4 Å². The summed E-state index contributed by atoms with van der Waals surface area (Å²) in [7, 11) is 1.73. The van der Waals surface area contributed by atoms with Gasteiger partial charge in [0.1, 0.15) is 17.7 Å². The van der Waals surface area contributed by atoms with Gasteiger partial charge in [0.15, 0.2) is 0 Å². The predicted molar refractivity (Wildman–Crippen MR) is 121 cm³/mol. The number of hydrogen-bond donors (Lipinski definition) is 1. The highest BCUT2D eigenvalue weighted by atomic mass is 16.5. The number of likely N-dealkylation sites (N-methyl/N-ethyl adjacent to an activating group) is 1. The van der Waals surface area contributed by atoms with Crippen LogP contribution in [0.5, 0.6) is 5.75 Å². The minimum Gasteiger partial charge on any atom is -0.490 e. The average molecular weight is 438 g/mol. The number of fused-ring (bicyclic) bond motifs is 2. The summed E-state index contributed by atoms with van der Waals surface area (Å²) in [5.74, 6) is 1.82. The predicted octanol–water partition coefficient (Wildman–Crippen LogP) is 2.94. The second-order valence-corrected chi connectivity index (χ2v) is 9.10. The summed E-state index contributed by atoms with van der Waals surface area (Å²) in [6.07, 6.45) is 2.96. The van der Waals surface area contributed by atoms with Gasteiger partial charge in [0.2, 0.25) is 0 Å². The van der Waals surface area contributed by atoms with E-state index in [0.29, 0.717) is 17.9 Å². The lowest BCUT2D eigenvalue weighted by Gasteiger charge is -2.34. The number of benzene rings is 1. The largest absolute Gasteiger partial charge is 0.490 e. The first kappa shape index (κ1) is 21.2. The van der Waals surface area contributed by atoms with Gasteiger partial charge in [0, 0.05) is 33.0 Å². The van der Waals surface area contributed by atoms with Crippen molar-refractivity contribution in [2.75, 3.05) is 38.3 Å². The maximum atomic E-state index is 12.7. The van der Waals surface area contributed by atoms with E-state index in [0.717, 1.165) is 61.7 Å². The van der Waals surface area contributed by atoms with Crippen LogP contribution in [0.25, 0.3) is 0 Å². The summed E-state index contributed by atoms with van der Waals surface area (Å²) in [5, 5.41) is 9.84. The Bertz CT molecular complexity index is 1050. The van der Waals surface area contributed by atoms with Gasteiger partial charge in [0.25, 0.3) is 5.91 Å². The molecule has 1 N–H and O–H groups in total. The van der Waals surface area contributed by atoms with Gasteiger partial charge in [-0.2, -0.15) is 0 Å². The van der Waals surface area contributed by atoms with Crippen molar-refractivity contribution < 1.29 is 19.4 Å². The quantitative estimate of drug-likeness (QED) is 0.793. The molecule has 3 aliphatic heterocycles. The number of amides is 1. The summed E-state index contributed by atoms with van der Waals surface area (Å²) < 4.78 is 11.8. The molecule has 7 heteroatoms. The van der Waals surface area contributed by atoms with E-state index < -0.39 is 0 Å². The van der Waals surface area contributed by atoms with Crippen molar-refractivity contribution in [1.82, 2.24) is 9.88 Å². The maximum absolute atomic E-state index is 12.7. The molecule has 3 aliphatic rings. The molecule has 0 unspecified atom stereocenters. The van der Waals surface area contributed by atoms with Crippen molar-refractivity contribution in [3.63, 3.8) is 0 Å². The molecule has 1 saturated heterocycles. The fraction of sp³-hybridized carbons (Fsp3) is 0.520. The van der Waals surface area contributed by atoms with Gasteiger partial charge in [-0.15, -0.1) is 0 Å². The highest BCUT2D eigenvalue weighted by molar-refractivity contribution is 6.00. The molecule has 4 heterocycles. The Balaban J connectivity index is 1.30. The number of rotatable bonds is 4. The van der Waals surface area contributed by atoms with E-state index in [4.69, 9.17) is 14.5 Å². The molecule has 0 bridgehead atoms. The lowest BCUT2D eigenvalue weighted by molar-refractivity contribution is 0.0714. The molecule has 0 radical (unpaired) electrons. The summed E-state index contributed by atoms with van der Waals surface area (Å²) in [6.45, 7) is 7.08. The fourth-order valence-corrected chi connectivity index (χ4v) is 5.12. The number of ether oxygens (including phenoxy) is 2. The molecule has 170 valence electrons. The Morgan fingerprint density at radius 3 is 2.72 bits per heavy atom. The first-order valence-electron chi connectivity index (χ1n) is 11.5. The highest BCUT2D eigenvalue weighted by Crippen LogP contribution is 2.37. The minimum absolute atomic E-state index is 0.0533. The van der Waals surface area contributed by atoms with Crippen molar-refractivity contribution in [3.05, 3.63) is 51.7 Å². The monoisotopic (exact) mass is 437 g/mol. The zero-order valence-electron chi connectivity index (χ0n) is 19.1. The zero-order chi connectivity index (χ0) is 22.4. The third-order valence-corrected chi connectivity index (χ3v) is 7.24. The Kier molecular flexibility index (Phi) is 5.55. The van der Waals surface area contributed by atoms with Gasteiger partial charge in [0.05, 0.1) is 37.1 Å². The molecular weight excluding hydrogens is 406 g/mol. The minimum atomic E-state index is -0.370. The summed E-state index contributed by atoms with van der Waals surface area (Å²) in [5.41, 5.74) is 5.96. The molecule has 0 saturated carbocycles. The fourth-order valence-electron chi connectivity index (χ4n) is 5.12. The molecule has 2 aromatic rings. The topological polar surface area (TPSA) is 75.1 Å². The number of carbonyl (C=O) groups is 1. The lowest BCUT2D eigenvalue weighted by atomic mass is 10.00. The van der Waals surface area contributed by atoms with E-state index in [2.05, 4.69) is 23.1 Å². The van der Waals surface area contributed by atoms with Crippen molar-refractivity contribution >= 4 is 11.7 Å². The first-order chi connectivity index (χ1) is 15.5. The van der Waals surface area contributed by atoms with Crippen LogP contribution in [-0.2, 0) is 17.8 Å². The Morgan fingerprint density at radius 2 is 1.97 bits per heavy atom. The van der Waals surface area contributed by atoms with Crippen LogP contribution in [0.1, 0.15) is 57.2 Å². The molecule has 32 heavy (non-hydrogen) atoms. The molecule has 7 nitrogen and oxygen atoms in total. The van der Waals surface area contributed by atoms with Gasteiger partial charge in [-0.3, -0.25) is 4.79 Å². The van der Waals surface area contributed by atoms with Crippen molar-refractivity contribution in [2.24, 2.45) is 0 Å². The van der Waals surface area contributed by atoms with Crippen LogP contribution in [0, 0.1) is 13.8 Å². The molecule has 5 rings (SSSR count). The number of aliphatic hydroxyl groups excluding tert-OH is 1. The number of aliphatic hydroxyl groups is 1. The van der Waals surface area contributed by atoms with Gasteiger partial charge in [-0.1, -0.05) is 6.07 Å². The van der Waals surface area contributed by atoms with Gasteiger partial charge < -0.3 is 24.4 Å². The number of aromatic nitrogens is 1. The first-order valence-corrected chi connectivity index (χ1v) is 11.5. The molecule has 0 aliphatic carbocycles. The van der Waals surface area contributed by atoms with E-state index in [1.165, 1.54) is 11.1 Å². The summed E-state index contributed by atoms with van der Waals surface area (Å²) in [4.78, 5) is 21.5. The molecule has 0 spiro atoms. The van der Waals surface area contributed by atoms with Crippen LogP contribution in [0.2, 0.25) is 0 Å². The normalized spacial score (nSPS) is 21.0. The average Bonchev–Trinajstić information content (AvgIpc) is 3.06. The van der Waals surface area contributed by atoms with Gasteiger partial charge in [-0.05, 0) is 54.7 Å².